The molecule has 0 aliphatic carbocycles. The average molecular weight is 389 g/mol. The number of nitrogens with zero attached hydrogens (tertiary/aromatic N) is 1. The number of hydrogen-bond acceptors (Lipinski definition) is 4. The molecule has 1 unspecified atom stereocenters. The van der Waals surface area contributed by atoms with Crippen LogP contribution in [0.25, 0.3) is 0 Å². The van der Waals surface area contributed by atoms with E-state index < -0.39 is 17.9 Å². The minimum atomic E-state index is -0.892. The molecule has 0 radical (unpaired) electrons. The molecule has 3 aromatic rings. The number of para-hydroxylation sites is 2. The van der Waals surface area contributed by atoms with Gasteiger partial charge >= 0.3 is 11.9 Å². The van der Waals surface area contributed by atoms with Crippen LogP contribution < -0.4 is 4.90 Å². The van der Waals surface area contributed by atoms with Gasteiger partial charge in [-0.3, -0.25) is 4.79 Å². The molecule has 1 N–H and O–H groups in total. The summed E-state index contributed by atoms with van der Waals surface area (Å²) in [5.41, 5.74) is 3.06. The van der Waals surface area contributed by atoms with Crippen molar-refractivity contribution in [3.63, 3.8) is 0 Å². The second-order valence-electron chi connectivity index (χ2n) is 6.62. The van der Waals surface area contributed by atoms with E-state index in [1.807, 2.05) is 60.7 Å². The largest absolute Gasteiger partial charge is 0.481 e. The highest BCUT2D eigenvalue weighted by atomic mass is 16.5. The SMILES string of the molecule is COC(=O)c1ccc(C(CCN(c2ccccc2)c2ccccc2)C(=O)O)cc1. The number of anilines is 2. The Morgan fingerprint density at radius 2 is 1.38 bits per heavy atom. The lowest BCUT2D eigenvalue weighted by molar-refractivity contribution is -0.138. The van der Waals surface area contributed by atoms with Gasteiger partial charge < -0.3 is 14.7 Å². The van der Waals surface area contributed by atoms with E-state index in [2.05, 4.69) is 4.90 Å². The zero-order valence-electron chi connectivity index (χ0n) is 16.2. The minimum absolute atomic E-state index is 0.399. The van der Waals surface area contributed by atoms with Crippen LogP contribution in [0.2, 0.25) is 0 Å². The zero-order valence-corrected chi connectivity index (χ0v) is 16.2. The molecule has 0 spiro atoms. The van der Waals surface area contributed by atoms with Crippen molar-refractivity contribution in [2.24, 2.45) is 0 Å². The average Bonchev–Trinajstić information content (AvgIpc) is 2.77. The molecule has 0 fully saturated rings. The van der Waals surface area contributed by atoms with Crippen LogP contribution in [0.1, 0.15) is 28.3 Å². The number of carboxylic acids is 1. The predicted molar refractivity (Wildman–Crippen MR) is 113 cm³/mol. The standard InChI is InChI=1S/C24H23NO4/c1-29-24(28)19-14-12-18(13-15-19)22(23(26)27)16-17-25(20-8-4-2-5-9-20)21-10-6-3-7-11-21/h2-15,22H,16-17H2,1H3,(H,26,27). The molecule has 0 heterocycles. The third-order valence-corrected chi connectivity index (χ3v) is 4.81. The molecule has 0 saturated heterocycles. The van der Waals surface area contributed by atoms with E-state index in [0.717, 1.165) is 11.4 Å². The molecule has 1 atom stereocenters. The zero-order chi connectivity index (χ0) is 20.6. The maximum Gasteiger partial charge on any atom is 0.337 e. The van der Waals surface area contributed by atoms with Crippen LogP contribution in [0.15, 0.2) is 84.9 Å². The first-order chi connectivity index (χ1) is 14.1. The quantitative estimate of drug-likeness (QED) is 0.557. The summed E-state index contributed by atoms with van der Waals surface area (Å²) < 4.78 is 4.70. The maximum absolute atomic E-state index is 12.0. The Morgan fingerprint density at radius 3 is 1.83 bits per heavy atom. The van der Waals surface area contributed by atoms with Crippen molar-refractivity contribution in [1.29, 1.82) is 0 Å². The molecule has 5 heteroatoms. The number of rotatable bonds is 8. The Labute approximate surface area is 170 Å². The van der Waals surface area contributed by atoms with Crippen molar-refractivity contribution in [1.82, 2.24) is 0 Å². The Bertz CT molecular complexity index is 900. The third kappa shape index (κ3) is 5.02. The molecule has 3 aromatic carbocycles. The summed E-state index contributed by atoms with van der Waals surface area (Å²) in [7, 11) is 1.32. The van der Waals surface area contributed by atoms with Crippen LogP contribution in [-0.2, 0) is 9.53 Å². The Kier molecular flexibility index (Phi) is 6.63. The third-order valence-electron chi connectivity index (χ3n) is 4.81. The van der Waals surface area contributed by atoms with Crippen LogP contribution in [0.4, 0.5) is 11.4 Å². The normalized spacial score (nSPS) is 11.5. The van der Waals surface area contributed by atoms with E-state index in [4.69, 9.17) is 4.74 Å². The van der Waals surface area contributed by atoms with Gasteiger partial charge in [0.25, 0.3) is 0 Å². The minimum Gasteiger partial charge on any atom is -0.481 e. The first-order valence-corrected chi connectivity index (χ1v) is 9.39. The fourth-order valence-corrected chi connectivity index (χ4v) is 3.28. The van der Waals surface area contributed by atoms with Crippen molar-refractivity contribution in [2.45, 2.75) is 12.3 Å². The van der Waals surface area contributed by atoms with Gasteiger partial charge in [-0.25, -0.2) is 4.79 Å². The van der Waals surface area contributed by atoms with Gasteiger partial charge in [-0.05, 0) is 48.4 Å². The van der Waals surface area contributed by atoms with Crippen LogP contribution in [0.5, 0.6) is 0 Å². The highest BCUT2D eigenvalue weighted by Crippen LogP contribution is 2.28. The summed E-state index contributed by atoms with van der Waals surface area (Å²) in [6.07, 6.45) is 0.413. The Balaban J connectivity index is 1.82. The summed E-state index contributed by atoms with van der Waals surface area (Å²) >= 11 is 0. The highest BCUT2D eigenvalue weighted by Gasteiger charge is 2.22. The molecule has 148 valence electrons. The molecular weight excluding hydrogens is 366 g/mol. The van der Waals surface area contributed by atoms with Crippen molar-refractivity contribution in [3.8, 4) is 0 Å². The molecular formula is C24H23NO4. The lowest BCUT2D eigenvalue weighted by Gasteiger charge is -2.26. The molecule has 0 aliphatic rings. The number of carbonyl (C=O) groups excluding carboxylic acids is 1. The fraction of sp³-hybridized carbons (Fsp3) is 0.167. The molecule has 3 rings (SSSR count). The van der Waals surface area contributed by atoms with Gasteiger partial charge in [0.05, 0.1) is 18.6 Å². The van der Waals surface area contributed by atoms with Crippen molar-refractivity contribution >= 4 is 23.3 Å². The number of carbonyl (C=O) groups is 2. The molecule has 0 aliphatic heterocycles. The molecule has 0 aromatic heterocycles. The van der Waals surface area contributed by atoms with E-state index in [-0.39, 0.29) is 0 Å². The number of benzene rings is 3. The van der Waals surface area contributed by atoms with Crippen LogP contribution in [0.3, 0.4) is 0 Å². The van der Waals surface area contributed by atoms with Crippen molar-refractivity contribution < 1.29 is 19.4 Å². The maximum atomic E-state index is 12.0. The van der Waals surface area contributed by atoms with Crippen molar-refractivity contribution in [2.75, 3.05) is 18.6 Å². The van der Waals surface area contributed by atoms with E-state index in [0.29, 0.717) is 24.1 Å². The highest BCUT2D eigenvalue weighted by molar-refractivity contribution is 5.89. The molecule has 29 heavy (non-hydrogen) atoms. The second kappa shape index (κ2) is 9.55. The van der Waals surface area contributed by atoms with Gasteiger partial charge in [-0.1, -0.05) is 48.5 Å². The Hall–Kier alpha value is -3.60. The lowest BCUT2D eigenvalue weighted by Crippen LogP contribution is -2.23. The van der Waals surface area contributed by atoms with Gasteiger partial charge in [-0.15, -0.1) is 0 Å². The predicted octanol–water partition coefficient (Wildman–Crippen LogP) is 4.87. The molecule has 0 bridgehead atoms. The summed E-state index contributed by atoms with van der Waals surface area (Å²) in [6.45, 7) is 0.531. The number of hydrogen-bond donors (Lipinski definition) is 1. The van der Waals surface area contributed by atoms with Crippen LogP contribution in [-0.4, -0.2) is 30.7 Å². The van der Waals surface area contributed by atoms with E-state index in [9.17, 15) is 14.7 Å². The van der Waals surface area contributed by atoms with Gasteiger partial charge in [0.1, 0.15) is 0 Å². The smallest absolute Gasteiger partial charge is 0.337 e. The second-order valence-corrected chi connectivity index (χ2v) is 6.62. The number of esters is 1. The van der Waals surface area contributed by atoms with Crippen LogP contribution >= 0.6 is 0 Å². The van der Waals surface area contributed by atoms with E-state index in [1.165, 1.54) is 7.11 Å². The number of ether oxygens (including phenoxy) is 1. The van der Waals surface area contributed by atoms with Gasteiger partial charge in [0, 0.05) is 17.9 Å². The lowest BCUT2D eigenvalue weighted by atomic mass is 9.94. The fourth-order valence-electron chi connectivity index (χ4n) is 3.28. The number of aliphatic carboxylic acids is 1. The van der Waals surface area contributed by atoms with Crippen LogP contribution in [0, 0.1) is 0 Å². The summed E-state index contributed by atoms with van der Waals surface area (Å²) in [5.74, 6) is -2.02. The topological polar surface area (TPSA) is 66.8 Å². The Morgan fingerprint density at radius 1 is 0.862 bits per heavy atom. The first-order valence-electron chi connectivity index (χ1n) is 9.39. The van der Waals surface area contributed by atoms with E-state index in [1.54, 1.807) is 24.3 Å². The summed E-state index contributed by atoms with van der Waals surface area (Å²) in [5, 5.41) is 9.80. The molecule has 0 saturated carbocycles. The monoisotopic (exact) mass is 389 g/mol. The molecule has 5 nitrogen and oxygen atoms in total. The first kappa shape index (κ1) is 20.1. The summed E-state index contributed by atoms with van der Waals surface area (Å²) in [6, 6.07) is 26.4. The number of carboxylic acid groups (broad SMARTS) is 1. The summed E-state index contributed by atoms with van der Waals surface area (Å²) in [4.78, 5) is 25.7. The molecule has 0 amide bonds. The van der Waals surface area contributed by atoms with Gasteiger partial charge in [0.15, 0.2) is 0 Å². The van der Waals surface area contributed by atoms with Crippen molar-refractivity contribution in [3.05, 3.63) is 96.1 Å². The van der Waals surface area contributed by atoms with E-state index >= 15 is 0 Å². The van der Waals surface area contributed by atoms with Gasteiger partial charge in [-0.2, -0.15) is 0 Å². The van der Waals surface area contributed by atoms with Gasteiger partial charge in [0.2, 0.25) is 0 Å². The number of methoxy groups -OCH3 is 1.